The highest BCUT2D eigenvalue weighted by atomic mass is 32.2. The number of aryl methyl sites for hydroxylation is 2. The van der Waals surface area contributed by atoms with Gasteiger partial charge in [0, 0.05) is 10.9 Å². The van der Waals surface area contributed by atoms with Crippen LogP contribution in [0.5, 0.6) is 0 Å². The molecule has 106 valence electrons. The molecule has 2 N–H and O–H groups in total. The first-order chi connectivity index (χ1) is 9.60. The van der Waals surface area contributed by atoms with Crippen LogP contribution >= 0.6 is 11.8 Å². The lowest BCUT2D eigenvalue weighted by atomic mass is 9.95. The Hall–Kier alpha value is -1.25. The third-order valence-electron chi connectivity index (χ3n) is 3.56. The highest BCUT2D eigenvalue weighted by molar-refractivity contribution is 7.99. The molecule has 0 fully saturated rings. The molecule has 0 bridgehead atoms. The van der Waals surface area contributed by atoms with Crippen LogP contribution in [0.2, 0.25) is 0 Å². The summed E-state index contributed by atoms with van der Waals surface area (Å²) in [5, 5.41) is 0. The van der Waals surface area contributed by atoms with Crippen molar-refractivity contribution in [2.24, 2.45) is 5.73 Å². The Morgan fingerprint density at radius 2 is 1.75 bits per heavy atom. The van der Waals surface area contributed by atoms with Crippen LogP contribution in [-0.4, -0.2) is 5.75 Å². The van der Waals surface area contributed by atoms with Crippen LogP contribution in [0.3, 0.4) is 0 Å². The number of nitrogens with two attached hydrogens (primary N) is 1. The molecular weight excluding hydrogens is 262 g/mol. The molecule has 0 aromatic heterocycles. The van der Waals surface area contributed by atoms with E-state index in [9.17, 15) is 0 Å². The third kappa shape index (κ3) is 3.87. The standard InChI is InChI=1S/C18H23NS/c1-4-20-17-9-7-15(8-10-17)18(19)12-16-11-13(2)5-6-14(16)3/h5-11,18H,4,12,19H2,1-3H3. The topological polar surface area (TPSA) is 26.0 Å². The van der Waals surface area contributed by atoms with E-state index in [1.54, 1.807) is 0 Å². The van der Waals surface area contributed by atoms with Crippen LogP contribution in [-0.2, 0) is 6.42 Å². The summed E-state index contributed by atoms with van der Waals surface area (Å²) in [5.74, 6) is 1.11. The van der Waals surface area contributed by atoms with Gasteiger partial charge in [0.25, 0.3) is 0 Å². The molecular formula is C18H23NS. The van der Waals surface area contributed by atoms with Crippen LogP contribution in [0.1, 0.15) is 35.2 Å². The molecule has 20 heavy (non-hydrogen) atoms. The predicted molar refractivity (Wildman–Crippen MR) is 89.4 cm³/mol. The van der Waals surface area contributed by atoms with Crippen molar-refractivity contribution >= 4 is 11.8 Å². The minimum absolute atomic E-state index is 0.0659. The molecule has 0 aliphatic rings. The highest BCUT2D eigenvalue weighted by Crippen LogP contribution is 2.23. The van der Waals surface area contributed by atoms with Crippen molar-refractivity contribution in [3.05, 3.63) is 64.7 Å². The fraction of sp³-hybridized carbons (Fsp3) is 0.333. The predicted octanol–water partition coefficient (Wildman–Crippen LogP) is 4.66. The first kappa shape index (κ1) is 15.1. The van der Waals surface area contributed by atoms with E-state index in [2.05, 4.69) is 63.2 Å². The molecule has 1 unspecified atom stereocenters. The SMILES string of the molecule is CCSc1ccc(C(N)Cc2cc(C)ccc2C)cc1. The van der Waals surface area contributed by atoms with Gasteiger partial charge in [-0.2, -0.15) is 0 Å². The molecule has 0 aliphatic carbocycles. The van der Waals surface area contributed by atoms with Crippen LogP contribution < -0.4 is 5.73 Å². The van der Waals surface area contributed by atoms with Crippen LogP contribution in [0.25, 0.3) is 0 Å². The van der Waals surface area contributed by atoms with Crippen molar-refractivity contribution in [1.82, 2.24) is 0 Å². The van der Waals surface area contributed by atoms with Gasteiger partial charge in [0.15, 0.2) is 0 Å². The zero-order valence-electron chi connectivity index (χ0n) is 12.5. The van der Waals surface area contributed by atoms with Crippen molar-refractivity contribution in [3.8, 4) is 0 Å². The minimum atomic E-state index is 0.0659. The van der Waals surface area contributed by atoms with Crippen LogP contribution in [0.15, 0.2) is 47.4 Å². The Kier molecular flexibility index (Phi) is 5.27. The van der Waals surface area contributed by atoms with E-state index < -0.39 is 0 Å². The maximum absolute atomic E-state index is 6.36. The molecule has 2 aromatic rings. The van der Waals surface area contributed by atoms with E-state index in [-0.39, 0.29) is 6.04 Å². The van der Waals surface area contributed by atoms with Gasteiger partial charge in [0.05, 0.1) is 0 Å². The van der Waals surface area contributed by atoms with Crippen molar-refractivity contribution < 1.29 is 0 Å². The lowest BCUT2D eigenvalue weighted by Gasteiger charge is -2.15. The summed E-state index contributed by atoms with van der Waals surface area (Å²) in [6.07, 6.45) is 0.897. The molecule has 0 saturated carbocycles. The van der Waals surface area contributed by atoms with Crippen molar-refractivity contribution in [2.75, 3.05) is 5.75 Å². The van der Waals surface area contributed by atoms with E-state index in [0.29, 0.717) is 0 Å². The zero-order valence-corrected chi connectivity index (χ0v) is 13.3. The van der Waals surface area contributed by atoms with Crippen LogP contribution in [0.4, 0.5) is 0 Å². The lowest BCUT2D eigenvalue weighted by molar-refractivity contribution is 0.717. The molecule has 0 saturated heterocycles. The number of hydrogen-bond donors (Lipinski definition) is 1. The average Bonchev–Trinajstić information content (AvgIpc) is 2.44. The molecule has 0 amide bonds. The summed E-state index contributed by atoms with van der Waals surface area (Å²) in [4.78, 5) is 1.31. The smallest absolute Gasteiger partial charge is 0.0335 e. The summed E-state index contributed by atoms with van der Waals surface area (Å²) in [6, 6.07) is 15.3. The first-order valence-electron chi connectivity index (χ1n) is 7.14. The monoisotopic (exact) mass is 285 g/mol. The van der Waals surface area contributed by atoms with Gasteiger partial charge >= 0.3 is 0 Å². The Labute approximate surface area is 126 Å². The van der Waals surface area contributed by atoms with E-state index in [0.717, 1.165) is 12.2 Å². The molecule has 0 heterocycles. The summed E-state index contributed by atoms with van der Waals surface area (Å²) < 4.78 is 0. The molecule has 1 atom stereocenters. The summed E-state index contributed by atoms with van der Waals surface area (Å²) in [5.41, 5.74) is 11.6. The van der Waals surface area contributed by atoms with Crippen LogP contribution in [0, 0.1) is 13.8 Å². The Morgan fingerprint density at radius 1 is 1.05 bits per heavy atom. The molecule has 0 radical (unpaired) electrons. The maximum atomic E-state index is 6.36. The molecule has 2 aromatic carbocycles. The van der Waals surface area contributed by atoms with E-state index in [4.69, 9.17) is 5.73 Å². The van der Waals surface area contributed by atoms with Crippen molar-refractivity contribution in [3.63, 3.8) is 0 Å². The van der Waals surface area contributed by atoms with Gasteiger partial charge in [0.1, 0.15) is 0 Å². The van der Waals surface area contributed by atoms with E-state index in [1.165, 1.54) is 27.1 Å². The number of rotatable bonds is 5. The zero-order chi connectivity index (χ0) is 14.5. The quantitative estimate of drug-likeness (QED) is 0.809. The lowest BCUT2D eigenvalue weighted by Crippen LogP contribution is -2.14. The summed E-state index contributed by atoms with van der Waals surface area (Å²) >= 11 is 1.86. The first-order valence-corrected chi connectivity index (χ1v) is 8.13. The third-order valence-corrected chi connectivity index (χ3v) is 4.46. The second-order valence-electron chi connectivity index (χ2n) is 5.24. The van der Waals surface area contributed by atoms with Gasteiger partial charge in [-0.05, 0) is 54.8 Å². The largest absolute Gasteiger partial charge is 0.324 e. The van der Waals surface area contributed by atoms with Crippen molar-refractivity contribution in [2.45, 2.75) is 38.1 Å². The maximum Gasteiger partial charge on any atom is 0.0335 e. The normalized spacial score (nSPS) is 12.4. The fourth-order valence-electron chi connectivity index (χ4n) is 2.35. The number of benzene rings is 2. The van der Waals surface area contributed by atoms with Crippen molar-refractivity contribution in [1.29, 1.82) is 0 Å². The molecule has 0 aliphatic heterocycles. The number of hydrogen-bond acceptors (Lipinski definition) is 2. The molecule has 1 nitrogen and oxygen atoms in total. The number of thioether (sulfide) groups is 1. The van der Waals surface area contributed by atoms with Gasteiger partial charge < -0.3 is 5.73 Å². The molecule has 2 rings (SSSR count). The Morgan fingerprint density at radius 3 is 2.40 bits per heavy atom. The summed E-state index contributed by atoms with van der Waals surface area (Å²) in [7, 11) is 0. The molecule has 0 spiro atoms. The van der Waals surface area contributed by atoms with Gasteiger partial charge in [0.2, 0.25) is 0 Å². The highest BCUT2D eigenvalue weighted by Gasteiger charge is 2.09. The summed E-state index contributed by atoms with van der Waals surface area (Å²) in [6.45, 7) is 6.46. The van der Waals surface area contributed by atoms with Gasteiger partial charge in [-0.1, -0.05) is 42.8 Å². The average molecular weight is 285 g/mol. The minimum Gasteiger partial charge on any atom is -0.324 e. The Bertz CT molecular complexity index is 560. The van der Waals surface area contributed by atoms with Gasteiger partial charge in [-0.15, -0.1) is 11.8 Å². The second-order valence-corrected chi connectivity index (χ2v) is 6.58. The van der Waals surface area contributed by atoms with E-state index in [1.807, 2.05) is 11.8 Å². The fourth-order valence-corrected chi connectivity index (χ4v) is 3.01. The van der Waals surface area contributed by atoms with E-state index >= 15 is 0 Å². The van der Waals surface area contributed by atoms with Gasteiger partial charge in [-0.25, -0.2) is 0 Å². The van der Waals surface area contributed by atoms with Gasteiger partial charge in [-0.3, -0.25) is 0 Å². The molecule has 2 heteroatoms. The Balaban J connectivity index is 2.11. The second kappa shape index (κ2) is 6.96.